The van der Waals surface area contributed by atoms with Crippen molar-refractivity contribution in [2.24, 2.45) is 17.3 Å². The molecule has 0 bridgehead atoms. The highest BCUT2D eigenvalue weighted by atomic mass is 28.4. The van der Waals surface area contributed by atoms with Crippen LogP contribution in [-0.2, 0) is 13.6 Å². The maximum Gasteiger partial charge on any atom is 0.201 e. The molecule has 3 aliphatic carbocycles. The van der Waals surface area contributed by atoms with E-state index >= 15 is 0 Å². The minimum atomic E-state index is -2.07. The number of fused-ring (bicyclic) bond motifs is 3. The van der Waals surface area contributed by atoms with Crippen LogP contribution in [0.3, 0.4) is 0 Å². The van der Waals surface area contributed by atoms with Crippen molar-refractivity contribution in [2.75, 3.05) is 0 Å². The minimum absolute atomic E-state index is 0.0465. The first kappa shape index (κ1) is 26.1. The van der Waals surface area contributed by atoms with Crippen LogP contribution in [0.5, 0.6) is 0 Å². The van der Waals surface area contributed by atoms with E-state index in [4.69, 9.17) is 8.85 Å². The lowest BCUT2D eigenvalue weighted by atomic mass is 9.55. The number of rotatable bonds is 7. The van der Waals surface area contributed by atoms with E-state index in [0.717, 1.165) is 12.8 Å². The molecule has 0 aromatic rings. The van der Waals surface area contributed by atoms with Crippen LogP contribution >= 0.6 is 0 Å². The number of carbonyl (C=O) groups is 1. The minimum Gasteiger partial charge on any atom is -0.411 e. The summed E-state index contributed by atoms with van der Waals surface area (Å²) in [5, 5.41) is 0. The van der Waals surface area contributed by atoms with Gasteiger partial charge < -0.3 is 8.85 Å². The van der Waals surface area contributed by atoms with Gasteiger partial charge in [0.25, 0.3) is 0 Å². The van der Waals surface area contributed by atoms with Crippen molar-refractivity contribution < 1.29 is 13.6 Å². The molecule has 1 saturated carbocycles. The van der Waals surface area contributed by atoms with Gasteiger partial charge in [0.1, 0.15) is 0 Å². The molecule has 3 nitrogen and oxygen atoms in total. The van der Waals surface area contributed by atoms with Crippen molar-refractivity contribution >= 4 is 22.4 Å². The number of carbonyl (C=O) groups excluding carboxylic acids is 1. The van der Waals surface area contributed by atoms with Crippen molar-refractivity contribution in [3.05, 3.63) is 23.3 Å². The Morgan fingerprint density at radius 2 is 1.56 bits per heavy atom. The first-order valence-corrected chi connectivity index (χ1v) is 18.5. The summed E-state index contributed by atoms with van der Waals surface area (Å²) >= 11 is 0. The molecular weight excluding hydrogens is 428 g/mol. The Morgan fingerprint density at radius 1 is 1.00 bits per heavy atom. The average Bonchev–Trinajstić information content (AvgIpc) is 2.95. The second kappa shape index (κ2) is 8.94. The summed E-state index contributed by atoms with van der Waals surface area (Å²) in [6.07, 6.45) is 7.25. The van der Waals surface area contributed by atoms with Crippen LogP contribution in [0.1, 0.15) is 74.7 Å². The topological polar surface area (TPSA) is 35.5 Å². The summed E-state index contributed by atoms with van der Waals surface area (Å²) in [6.45, 7) is 25.6. The van der Waals surface area contributed by atoms with E-state index in [1.807, 2.05) is 6.08 Å². The van der Waals surface area contributed by atoms with Crippen molar-refractivity contribution in [2.45, 2.75) is 123 Å². The second-order valence-corrected chi connectivity index (χ2v) is 22.8. The van der Waals surface area contributed by atoms with Crippen LogP contribution in [0, 0.1) is 17.3 Å². The number of allylic oxidation sites excluding steroid dienone is 2. The van der Waals surface area contributed by atoms with Gasteiger partial charge in [0.2, 0.25) is 8.32 Å². The Morgan fingerprint density at radius 3 is 2.06 bits per heavy atom. The van der Waals surface area contributed by atoms with Gasteiger partial charge >= 0.3 is 0 Å². The summed E-state index contributed by atoms with van der Waals surface area (Å²) in [4.78, 5) is 12.8. The van der Waals surface area contributed by atoms with Crippen molar-refractivity contribution in [3.63, 3.8) is 0 Å². The molecule has 5 heteroatoms. The van der Waals surface area contributed by atoms with Crippen molar-refractivity contribution in [1.82, 2.24) is 0 Å². The van der Waals surface area contributed by atoms with Crippen LogP contribution in [0.25, 0.3) is 0 Å². The lowest BCUT2D eigenvalue weighted by Gasteiger charge is -2.55. The average molecular weight is 477 g/mol. The summed E-state index contributed by atoms with van der Waals surface area (Å²) in [5.41, 5.74) is 4.17. The van der Waals surface area contributed by atoms with Crippen LogP contribution in [0.4, 0.5) is 0 Å². The van der Waals surface area contributed by atoms with E-state index in [2.05, 4.69) is 81.1 Å². The number of ketones is 1. The molecule has 182 valence electrons. The molecule has 0 aromatic heterocycles. The van der Waals surface area contributed by atoms with Crippen LogP contribution < -0.4 is 0 Å². The molecule has 0 unspecified atom stereocenters. The first-order valence-electron chi connectivity index (χ1n) is 12.9. The van der Waals surface area contributed by atoms with Gasteiger partial charge in [-0.05, 0) is 85.1 Å². The third kappa shape index (κ3) is 4.44. The summed E-state index contributed by atoms with van der Waals surface area (Å²) < 4.78 is 14.2. The van der Waals surface area contributed by atoms with Crippen LogP contribution in [0.2, 0.25) is 36.3 Å². The predicted octanol–water partition coefficient (Wildman–Crippen LogP) is 7.66. The van der Waals surface area contributed by atoms with E-state index in [9.17, 15) is 4.79 Å². The Kier molecular flexibility index (Phi) is 7.29. The largest absolute Gasteiger partial charge is 0.411 e. The molecule has 3 rings (SSSR count). The van der Waals surface area contributed by atoms with Crippen molar-refractivity contribution in [3.8, 4) is 0 Å². The smallest absolute Gasteiger partial charge is 0.201 e. The lowest BCUT2D eigenvalue weighted by molar-refractivity contribution is -0.116. The molecular formula is C27H48O3Si2. The van der Waals surface area contributed by atoms with E-state index in [0.29, 0.717) is 34.9 Å². The summed E-state index contributed by atoms with van der Waals surface area (Å²) in [6, 6.07) is 0. The Balaban J connectivity index is 2.07. The zero-order valence-corrected chi connectivity index (χ0v) is 24.5. The molecule has 5 atom stereocenters. The molecule has 0 radical (unpaired) electrons. The highest BCUT2D eigenvalue weighted by molar-refractivity contribution is 6.77. The third-order valence-corrected chi connectivity index (χ3v) is 15.8. The van der Waals surface area contributed by atoms with Crippen LogP contribution in [0.15, 0.2) is 23.3 Å². The fourth-order valence-electron chi connectivity index (χ4n) is 7.53. The van der Waals surface area contributed by atoms with Gasteiger partial charge in [0.15, 0.2) is 14.1 Å². The number of hydrogen-bond acceptors (Lipinski definition) is 3. The maximum absolute atomic E-state index is 12.8. The van der Waals surface area contributed by atoms with Gasteiger partial charge in [0.05, 0.1) is 12.2 Å². The quantitative estimate of drug-likeness (QED) is 0.279. The molecule has 0 spiro atoms. The number of hydrogen-bond donors (Lipinski definition) is 0. The van der Waals surface area contributed by atoms with Gasteiger partial charge in [-0.25, -0.2) is 0 Å². The van der Waals surface area contributed by atoms with Gasteiger partial charge in [-0.1, -0.05) is 54.5 Å². The molecule has 0 N–H and O–H groups in total. The van der Waals surface area contributed by atoms with E-state index in [1.165, 1.54) is 11.1 Å². The van der Waals surface area contributed by atoms with Gasteiger partial charge in [-0.3, -0.25) is 4.79 Å². The molecule has 0 aromatic carbocycles. The molecule has 3 aliphatic rings. The zero-order chi connectivity index (χ0) is 24.2. The van der Waals surface area contributed by atoms with E-state index in [1.54, 1.807) is 0 Å². The van der Waals surface area contributed by atoms with Gasteiger partial charge in [-0.15, -0.1) is 0 Å². The fraction of sp³-hybridized carbons (Fsp3) is 0.815. The Bertz CT molecular complexity index is 767. The fourth-order valence-corrected chi connectivity index (χ4v) is 14.2. The standard InChI is InChI=1S/C27H48O3Si2/c1-17(2)32(18(3)4,19(5)6)29-25-15-22-23(27(8)16-21(28)14-24(25)27)13-12-20(7)26(22)30-31(9,10)11/h12,14,17-19,22-23,25-26H,13,15-16H2,1-11H3/t22-,23+,25+,26-,27-/m1/s1. The maximum atomic E-state index is 12.8. The Hall–Kier alpha value is -0.496. The van der Waals surface area contributed by atoms with Crippen LogP contribution in [-0.4, -0.2) is 34.6 Å². The second-order valence-electron chi connectivity index (χ2n) is 12.9. The summed E-state index contributed by atoms with van der Waals surface area (Å²) in [5.74, 6) is 1.16. The molecule has 0 amide bonds. The first-order chi connectivity index (χ1) is 14.6. The SMILES string of the molecule is CC1=CC[C@H]2[C@@H](C[C@H](O[Si](C(C)C)(C(C)C)C(C)C)C3=CC(=O)C[C@@]32C)[C@@H]1O[Si](C)(C)C. The zero-order valence-electron chi connectivity index (χ0n) is 22.5. The molecule has 0 saturated heterocycles. The molecule has 1 fully saturated rings. The lowest BCUT2D eigenvalue weighted by Crippen LogP contribution is -2.56. The third-order valence-electron chi connectivity index (χ3n) is 8.75. The predicted molar refractivity (Wildman–Crippen MR) is 140 cm³/mol. The normalized spacial score (nSPS) is 33.5. The van der Waals surface area contributed by atoms with E-state index < -0.39 is 16.6 Å². The van der Waals surface area contributed by atoms with Gasteiger partial charge in [-0.2, -0.15) is 0 Å². The van der Waals surface area contributed by atoms with Gasteiger partial charge in [0, 0.05) is 11.8 Å². The monoisotopic (exact) mass is 476 g/mol. The Labute approximate surface area is 199 Å². The highest BCUT2D eigenvalue weighted by Gasteiger charge is 2.58. The molecule has 0 heterocycles. The molecule has 32 heavy (non-hydrogen) atoms. The molecule has 0 aliphatic heterocycles. The summed E-state index contributed by atoms with van der Waals surface area (Å²) in [7, 11) is -3.78. The van der Waals surface area contributed by atoms with E-state index in [-0.39, 0.29) is 23.4 Å². The van der Waals surface area contributed by atoms with Crippen molar-refractivity contribution in [1.29, 1.82) is 0 Å². The highest BCUT2D eigenvalue weighted by Crippen LogP contribution is 2.59.